The number of phenols is 1. The van der Waals surface area contributed by atoms with Gasteiger partial charge in [-0.15, -0.1) is 0 Å². The van der Waals surface area contributed by atoms with Crippen LogP contribution in [0.25, 0.3) is 0 Å². The summed E-state index contributed by atoms with van der Waals surface area (Å²) in [6, 6.07) is 3.78. The van der Waals surface area contributed by atoms with Crippen LogP contribution in [0.2, 0.25) is 0 Å². The summed E-state index contributed by atoms with van der Waals surface area (Å²) in [5.74, 6) is -4.64. The lowest BCUT2D eigenvalue weighted by Crippen LogP contribution is -2.48. The molecule has 12 nitrogen and oxygen atoms in total. The first-order valence-corrected chi connectivity index (χ1v) is 8.90. The zero-order valence-electron chi connectivity index (χ0n) is 16.0. The van der Waals surface area contributed by atoms with Crippen molar-refractivity contribution in [1.29, 1.82) is 0 Å². The molecular formula is C18H24N4O8. The minimum absolute atomic E-state index is 0.0778. The molecule has 0 heterocycles. The van der Waals surface area contributed by atoms with Gasteiger partial charge in [-0.3, -0.25) is 19.2 Å². The Labute approximate surface area is 171 Å². The van der Waals surface area contributed by atoms with Crippen LogP contribution in [0.1, 0.15) is 18.4 Å². The highest BCUT2D eigenvalue weighted by Crippen LogP contribution is 2.10. The number of nitrogens with one attached hydrogen (secondary N) is 3. The predicted molar refractivity (Wildman–Crippen MR) is 102 cm³/mol. The summed E-state index contributed by atoms with van der Waals surface area (Å²) in [7, 11) is 0. The number of nitrogens with two attached hydrogens (primary N) is 1. The zero-order valence-corrected chi connectivity index (χ0v) is 16.0. The van der Waals surface area contributed by atoms with E-state index in [0.717, 1.165) is 0 Å². The molecule has 0 aliphatic rings. The van der Waals surface area contributed by atoms with Crippen molar-refractivity contribution < 1.29 is 39.3 Å². The van der Waals surface area contributed by atoms with Gasteiger partial charge in [0.15, 0.2) is 0 Å². The zero-order chi connectivity index (χ0) is 22.7. The number of hydrogen-bond acceptors (Lipinski definition) is 7. The topological polar surface area (TPSA) is 208 Å². The maximum absolute atomic E-state index is 11.9. The monoisotopic (exact) mass is 424 g/mol. The first kappa shape index (κ1) is 24.4. The molecule has 1 aromatic carbocycles. The molecular weight excluding hydrogens is 400 g/mol. The number of phenolic OH excluding ortho intramolecular Hbond substituents is 1. The molecule has 2 unspecified atom stereocenters. The minimum Gasteiger partial charge on any atom is -0.508 e. The number of carboxylic acid groups (broad SMARTS) is 2. The Morgan fingerprint density at radius 2 is 1.53 bits per heavy atom. The normalized spacial score (nSPS) is 12.3. The fourth-order valence-corrected chi connectivity index (χ4v) is 2.29. The van der Waals surface area contributed by atoms with Crippen LogP contribution in [0.15, 0.2) is 24.3 Å². The van der Waals surface area contributed by atoms with Gasteiger partial charge >= 0.3 is 11.9 Å². The highest BCUT2D eigenvalue weighted by molar-refractivity contribution is 5.90. The third-order valence-corrected chi connectivity index (χ3v) is 3.88. The highest BCUT2D eigenvalue weighted by Gasteiger charge is 2.21. The van der Waals surface area contributed by atoms with Crippen molar-refractivity contribution in [2.45, 2.75) is 31.3 Å². The Balaban J connectivity index is 2.34. The molecule has 0 radical (unpaired) electrons. The average Bonchev–Trinajstić information content (AvgIpc) is 2.68. The molecule has 8 N–H and O–H groups in total. The van der Waals surface area contributed by atoms with Crippen molar-refractivity contribution in [3.8, 4) is 5.75 Å². The molecule has 1 rings (SSSR count). The van der Waals surface area contributed by atoms with Gasteiger partial charge in [0, 0.05) is 6.42 Å². The van der Waals surface area contributed by atoms with E-state index in [1.165, 1.54) is 12.1 Å². The molecule has 0 aliphatic carbocycles. The number of aromatic hydroxyl groups is 1. The van der Waals surface area contributed by atoms with E-state index in [9.17, 15) is 29.1 Å². The van der Waals surface area contributed by atoms with Gasteiger partial charge < -0.3 is 37.0 Å². The van der Waals surface area contributed by atoms with Crippen LogP contribution in [0.3, 0.4) is 0 Å². The predicted octanol–water partition coefficient (Wildman–Crippen LogP) is -2.07. The van der Waals surface area contributed by atoms with Gasteiger partial charge in [0.05, 0.1) is 19.1 Å². The fraction of sp³-hybridized carbons (Fsp3) is 0.389. The molecule has 30 heavy (non-hydrogen) atoms. The van der Waals surface area contributed by atoms with Gasteiger partial charge in [-0.1, -0.05) is 12.1 Å². The Morgan fingerprint density at radius 3 is 2.10 bits per heavy atom. The third-order valence-electron chi connectivity index (χ3n) is 3.88. The van der Waals surface area contributed by atoms with Crippen LogP contribution in [0.4, 0.5) is 0 Å². The molecule has 3 amide bonds. The number of aliphatic carboxylic acids is 2. The largest absolute Gasteiger partial charge is 0.508 e. The Kier molecular flexibility index (Phi) is 9.76. The molecule has 0 fully saturated rings. The van der Waals surface area contributed by atoms with E-state index >= 15 is 0 Å². The maximum atomic E-state index is 11.9. The van der Waals surface area contributed by atoms with Crippen molar-refractivity contribution in [2.24, 2.45) is 5.73 Å². The second kappa shape index (κ2) is 12.0. The highest BCUT2D eigenvalue weighted by atomic mass is 16.4. The second-order valence-electron chi connectivity index (χ2n) is 6.36. The van der Waals surface area contributed by atoms with Crippen molar-refractivity contribution in [3.63, 3.8) is 0 Å². The second-order valence-corrected chi connectivity index (χ2v) is 6.36. The van der Waals surface area contributed by atoms with Crippen LogP contribution >= 0.6 is 0 Å². The Morgan fingerprint density at radius 1 is 0.933 bits per heavy atom. The summed E-state index contributed by atoms with van der Waals surface area (Å²) in [6.45, 7) is -0.998. The maximum Gasteiger partial charge on any atom is 0.326 e. The summed E-state index contributed by atoms with van der Waals surface area (Å²) < 4.78 is 0. The number of carbonyl (C=O) groups excluding carboxylic acids is 3. The Hall–Kier alpha value is -3.67. The van der Waals surface area contributed by atoms with Gasteiger partial charge in [0.2, 0.25) is 17.7 Å². The molecule has 0 saturated carbocycles. The van der Waals surface area contributed by atoms with Crippen LogP contribution in [-0.4, -0.2) is 70.2 Å². The van der Waals surface area contributed by atoms with E-state index in [1.807, 2.05) is 0 Å². The summed E-state index contributed by atoms with van der Waals surface area (Å²) in [5.41, 5.74) is 6.48. The summed E-state index contributed by atoms with van der Waals surface area (Å²) in [5, 5.41) is 33.4. The van der Waals surface area contributed by atoms with E-state index < -0.39 is 61.3 Å². The molecule has 0 spiro atoms. The molecule has 12 heteroatoms. The van der Waals surface area contributed by atoms with E-state index in [0.29, 0.717) is 5.56 Å². The molecule has 0 aliphatic heterocycles. The van der Waals surface area contributed by atoms with E-state index in [4.69, 9.17) is 15.9 Å². The van der Waals surface area contributed by atoms with Crippen LogP contribution in [0.5, 0.6) is 5.75 Å². The number of carbonyl (C=O) groups is 5. The standard InChI is InChI=1S/C18H24N4O8/c19-12(7-10-1-3-11(23)4-2-10)17(28)21-8-14(24)20-9-15(25)22-13(18(29)30)5-6-16(26)27/h1-4,12-13,23H,5-9,19H2,(H,20,24)(H,21,28)(H,22,25)(H,26,27)(H,29,30). The van der Waals surface area contributed by atoms with Crippen molar-refractivity contribution in [1.82, 2.24) is 16.0 Å². The fourth-order valence-electron chi connectivity index (χ4n) is 2.29. The molecule has 2 atom stereocenters. The van der Waals surface area contributed by atoms with E-state index in [2.05, 4.69) is 16.0 Å². The van der Waals surface area contributed by atoms with Crippen molar-refractivity contribution in [3.05, 3.63) is 29.8 Å². The average molecular weight is 424 g/mol. The lowest BCUT2D eigenvalue weighted by molar-refractivity contribution is -0.143. The molecule has 1 aromatic rings. The first-order chi connectivity index (χ1) is 14.1. The quantitative estimate of drug-likeness (QED) is 0.196. The smallest absolute Gasteiger partial charge is 0.326 e. The molecule has 0 saturated heterocycles. The van der Waals surface area contributed by atoms with E-state index in [-0.39, 0.29) is 18.6 Å². The van der Waals surface area contributed by atoms with Gasteiger partial charge in [0.25, 0.3) is 0 Å². The van der Waals surface area contributed by atoms with Gasteiger partial charge in [-0.05, 0) is 30.5 Å². The number of rotatable bonds is 12. The van der Waals surface area contributed by atoms with Gasteiger partial charge in [-0.2, -0.15) is 0 Å². The lowest BCUT2D eigenvalue weighted by Gasteiger charge is -2.14. The number of amides is 3. The van der Waals surface area contributed by atoms with E-state index in [1.54, 1.807) is 12.1 Å². The SMILES string of the molecule is NC(Cc1ccc(O)cc1)C(=O)NCC(=O)NCC(=O)NC(CCC(=O)O)C(=O)O. The van der Waals surface area contributed by atoms with Crippen LogP contribution < -0.4 is 21.7 Å². The molecule has 164 valence electrons. The minimum atomic E-state index is -1.40. The summed E-state index contributed by atoms with van der Waals surface area (Å²) in [4.78, 5) is 56.9. The molecule has 0 bridgehead atoms. The van der Waals surface area contributed by atoms with Crippen molar-refractivity contribution >= 4 is 29.7 Å². The third kappa shape index (κ3) is 9.50. The lowest BCUT2D eigenvalue weighted by atomic mass is 10.1. The summed E-state index contributed by atoms with van der Waals surface area (Å²) >= 11 is 0. The Bertz CT molecular complexity index is 781. The first-order valence-electron chi connectivity index (χ1n) is 8.90. The molecule has 0 aromatic heterocycles. The van der Waals surface area contributed by atoms with Crippen molar-refractivity contribution in [2.75, 3.05) is 13.1 Å². The van der Waals surface area contributed by atoms with Gasteiger partial charge in [0.1, 0.15) is 11.8 Å². The number of carboxylic acids is 2. The van der Waals surface area contributed by atoms with Gasteiger partial charge in [-0.25, -0.2) is 4.79 Å². The van der Waals surface area contributed by atoms with Crippen LogP contribution in [-0.2, 0) is 30.4 Å². The number of benzene rings is 1. The summed E-state index contributed by atoms with van der Waals surface area (Å²) in [6.07, 6.45) is -0.567. The number of hydrogen-bond donors (Lipinski definition) is 7. The van der Waals surface area contributed by atoms with Crippen LogP contribution in [0, 0.1) is 0 Å².